The van der Waals surface area contributed by atoms with Crippen molar-refractivity contribution in [1.82, 2.24) is 4.90 Å². The lowest BCUT2D eigenvalue weighted by molar-refractivity contribution is 0.0639. The van der Waals surface area contributed by atoms with E-state index in [1.54, 1.807) is 12.1 Å². The molecule has 2 aromatic carbocycles. The molecule has 0 radical (unpaired) electrons. The van der Waals surface area contributed by atoms with Crippen molar-refractivity contribution in [3.63, 3.8) is 0 Å². The van der Waals surface area contributed by atoms with Gasteiger partial charge in [0.05, 0.1) is 16.5 Å². The predicted octanol–water partition coefficient (Wildman–Crippen LogP) is 3.89. The molecule has 4 nitrogen and oxygen atoms in total. The van der Waals surface area contributed by atoms with Gasteiger partial charge in [0.2, 0.25) is 0 Å². The Bertz CT molecular complexity index is 1010. The number of para-hydroxylation sites is 1. The molecule has 1 aliphatic heterocycles. The summed E-state index contributed by atoms with van der Waals surface area (Å²) in [5, 5.41) is 11.6. The molecular weight excluding hydrogens is 350 g/mol. The van der Waals surface area contributed by atoms with Crippen LogP contribution in [0, 0.1) is 0 Å². The summed E-state index contributed by atoms with van der Waals surface area (Å²) < 4.78 is 6.16. The highest BCUT2D eigenvalue weighted by Crippen LogP contribution is 2.35. The fourth-order valence-corrected chi connectivity index (χ4v) is 3.97. The van der Waals surface area contributed by atoms with E-state index < -0.39 is 6.10 Å². The summed E-state index contributed by atoms with van der Waals surface area (Å²) in [7, 11) is 2.00. The molecule has 1 aliphatic rings. The Kier molecular flexibility index (Phi) is 4.57. The van der Waals surface area contributed by atoms with Crippen LogP contribution in [-0.2, 0) is 0 Å². The fraction of sp³-hybridized carbons (Fsp3) is 0.286. The van der Waals surface area contributed by atoms with Crippen molar-refractivity contribution in [1.29, 1.82) is 0 Å². The summed E-state index contributed by atoms with van der Waals surface area (Å²) in [4.78, 5) is 14.8. The van der Waals surface area contributed by atoms with E-state index in [1.807, 2.05) is 37.4 Å². The smallest absolute Gasteiger partial charge is 0.193 e. The van der Waals surface area contributed by atoms with E-state index in [4.69, 9.17) is 16.0 Å². The molecule has 1 saturated heterocycles. The summed E-state index contributed by atoms with van der Waals surface area (Å²) in [6.45, 7) is 1.50. The molecule has 4 rings (SSSR count). The number of halogens is 1. The van der Waals surface area contributed by atoms with Crippen LogP contribution < -0.4 is 5.43 Å². The van der Waals surface area contributed by atoms with E-state index in [9.17, 15) is 9.90 Å². The van der Waals surface area contributed by atoms with Crippen LogP contribution in [0.3, 0.4) is 0 Å². The second kappa shape index (κ2) is 6.88. The number of aliphatic hydroxyl groups excluding tert-OH is 1. The molecule has 1 N–H and O–H groups in total. The van der Waals surface area contributed by atoms with Crippen LogP contribution in [0.4, 0.5) is 0 Å². The first-order valence-electron chi connectivity index (χ1n) is 8.73. The largest absolute Gasteiger partial charge is 0.455 e. The molecule has 0 unspecified atom stereocenters. The van der Waals surface area contributed by atoms with Crippen LogP contribution in [0.2, 0.25) is 5.02 Å². The van der Waals surface area contributed by atoms with Gasteiger partial charge in [-0.25, -0.2) is 0 Å². The molecule has 3 aromatic rings. The molecule has 0 saturated carbocycles. The third-order valence-electron chi connectivity index (χ3n) is 5.11. The van der Waals surface area contributed by atoms with Gasteiger partial charge in [-0.2, -0.15) is 0 Å². The summed E-state index contributed by atoms with van der Waals surface area (Å²) in [6, 6.07) is 14.4. The van der Waals surface area contributed by atoms with E-state index in [1.165, 1.54) is 6.07 Å². The van der Waals surface area contributed by atoms with E-state index in [0.717, 1.165) is 18.5 Å². The number of benzene rings is 2. The number of fused-ring (bicyclic) bond motifs is 1. The minimum atomic E-state index is -0.492. The SMILES string of the molecule is CN1CC[C@H](c2cccc3c(=O)cc(-c4ccccc4Cl)oc23)[C@H](O)C1. The predicted molar refractivity (Wildman–Crippen MR) is 104 cm³/mol. The summed E-state index contributed by atoms with van der Waals surface area (Å²) in [5.74, 6) is 0.391. The van der Waals surface area contributed by atoms with Gasteiger partial charge >= 0.3 is 0 Å². The topological polar surface area (TPSA) is 53.7 Å². The van der Waals surface area contributed by atoms with Crippen molar-refractivity contribution in [2.24, 2.45) is 0 Å². The van der Waals surface area contributed by atoms with Crippen LogP contribution in [0.5, 0.6) is 0 Å². The van der Waals surface area contributed by atoms with Crippen molar-refractivity contribution in [2.45, 2.75) is 18.4 Å². The number of aliphatic hydroxyl groups is 1. The molecule has 134 valence electrons. The maximum atomic E-state index is 12.7. The van der Waals surface area contributed by atoms with Gasteiger partial charge in [-0.3, -0.25) is 4.79 Å². The molecule has 0 amide bonds. The van der Waals surface area contributed by atoms with Gasteiger partial charge < -0.3 is 14.4 Å². The number of rotatable bonds is 2. The van der Waals surface area contributed by atoms with Crippen molar-refractivity contribution in [2.75, 3.05) is 20.1 Å². The second-order valence-corrected chi connectivity index (χ2v) is 7.31. The molecule has 0 spiro atoms. The Labute approximate surface area is 156 Å². The Morgan fingerprint density at radius 2 is 2.00 bits per heavy atom. The quantitative estimate of drug-likeness (QED) is 0.744. The molecular formula is C21H20ClNO3. The molecule has 2 atom stereocenters. The monoisotopic (exact) mass is 369 g/mol. The standard InChI is InChI=1S/C21H20ClNO3/c1-23-10-9-13(19(25)12-23)14-6-4-7-16-18(24)11-20(26-21(14)16)15-5-2-3-8-17(15)22/h2-8,11,13,19,25H,9-10,12H2,1H3/t13-,19-/m1/s1. The zero-order chi connectivity index (χ0) is 18.3. The summed E-state index contributed by atoms with van der Waals surface area (Å²) >= 11 is 6.28. The van der Waals surface area contributed by atoms with E-state index in [0.29, 0.717) is 33.9 Å². The van der Waals surface area contributed by atoms with Gasteiger partial charge in [0.25, 0.3) is 0 Å². The number of β-amino-alcohol motifs (C(OH)–C–C–N with tert-alkyl or cyclic N) is 1. The normalized spacial score (nSPS) is 21.2. The summed E-state index contributed by atoms with van der Waals surface area (Å²) in [5.41, 5.74) is 2.01. The number of nitrogens with zero attached hydrogens (tertiary/aromatic N) is 1. The molecule has 1 fully saturated rings. The number of piperidine rings is 1. The minimum absolute atomic E-state index is 0.0560. The van der Waals surface area contributed by atoms with Crippen LogP contribution in [0.1, 0.15) is 17.9 Å². The average molecular weight is 370 g/mol. The lowest BCUT2D eigenvalue weighted by atomic mass is 9.86. The lowest BCUT2D eigenvalue weighted by Crippen LogP contribution is -2.40. The Balaban J connectivity index is 1.90. The Morgan fingerprint density at radius 3 is 2.77 bits per heavy atom. The zero-order valence-electron chi connectivity index (χ0n) is 14.5. The van der Waals surface area contributed by atoms with Gasteiger partial charge in [-0.15, -0.1) is 0 Å². The van der Waals surface area contributed by atoms with Crippen LogP contribution in [-0.4, -0.2) is 36.2 Å². The fourth-order valence-electron chi connectivity index (χ4n) is 3.74. The number of likely N-dealkylation sites (N-methyl/N-ethyl adjacent to an activating group) is 1. The first-order chi connectivity index (χ1) is 12.5. The zero-order valence-corrected chi connectivity index (χ0v) is 15.2. The van der Waals surface area contributed by atoms with Crippen molar-refractivity contribution in [3.05, 3.63) is 69.3 Å². The first kappa shape index (κ1) is 17.3. The number of likely N-dealkylation sites (tertiary alicyclic amines) is 1. The average Bonchev–Trinajstić information content (AvgIpc) is 2.62. The third-order valence-corrected chi connectivity index (χ3v) is 5.44. The number of hydrogen-bond donors (Lipinski definition) is 1. The van der Waals surface area contributed by atoms with E-state index >= 15 is 0 Å². The van der Waals surface area contributed by atoms with Gasteiger partial charge in [-0.1, -0.05) is 35.9 Å². The highest BCUT2D eigenvalue weighted by molar-refractivity contribution is 6.33. The Morgan fingerprint density at radius 1 is 1.19 bits per heavy atom. The molecule has 5 heteroatoms. The van der Waals surface area contributed by atoms with E-state index in [2.05, 4.69) is 4.90 Å². The van der Waals surface area contributed by atoms with Gasteiger partial charge in [-0.05, 0) is 38.2 Å². The van der Waals surface area contributed by atoms with Gasteiger partial charge in [0.1, 0.15) is 11.3 Å². The number of hydrogen-bond acceptors (Lipinski definition) is 4. The van der Waals surface area contributed by atoms with Crippen LogP contribution in [0.15, 0.2) is 57.7 Å². The molecule has 26 heavy (non-hydrogen) atoms. The maximum absolute atomic E-state index is 12.7. The molecule has 2 heterocycles. The third kappa shape index (κ3) is 3.05. The highest BCUT2D eigenvalue weighted by atomic mass is 35.5. The van der Waals surface area contributed by atoms with Gasteiger partial charge in [0, 0.05) is 29.7 Å². The van der Waals surface area contributed by atoms with Crippen molar-refractivity contribution in [3.8, 4) is 11.3 Å². The minimum Gasteiger partial charge on any atom is -0.455 e. The highest BCUT2D eigenvalue weighted by Gasteiger charge is 2.29. The maximum Gasteiger partial charge on any atom is 0.193 e. The lowest BCUT2D eigenvalue weighted by Gasteiger charge is -2.34. The van der Waals surface area contributed by atoms with E-state index in [-0.39, 0.29) is 11.3 Å². The first-order valence-corrected chi connectivity index (χ1v) is 9.10. The van der Waals surface area contributed by atoms with Crippen molar-refractivity contribution < 1.29 is 9.52 Å². The van der Waals surface area contributed by atoms with Crippen molar-refractivity contribution >= 4 is 22.6 Å². The molecule has 0 aliphatic carbocycles. The molecule has 1 aromatic heterocycles. The second-order valence-electron chi connectivity index (χ2n) is 6.90. The van der Waals surface area contributed by atoms with Crippen LogP contribution in [0.25, 0.3) is 22.3 Å². The Hall–Kier alpha value is -2.14. The van der Waals surface area contributed by atoms with Gasteiger partial charge in [0.15, 0.2) is 5.43 Å². The summed E-state index contributed by atoms with van der Waals surface area (Å²) in [6.07, 6.45) is 0.324. The van der Waals surface area contributed by atoms with Crippen LogP contribution >= 0.6 is 11.6 Å². The molecule has 0 bridgehead atoms.